The molecule has 0 radical (unpaired) electrons. The van der Waals surface area contributed by atoms with Crippen LogP contribution in [0, 0.1) is 0 Å². The van der Waals surface area contributed by atoms with Gasteiger partial charge in [-0.2, -0.15) is 0 Å². The van der Waals surface area contributed by atoms with Gasteiger partial charge in [0.25, 0.3) is 0 Å². The number of H-pyrrole nitrogens is 1. The fraction of sp³-hybridized carbons (Fsp3) is 0.182. The first kappa shape index (κ1) is 9.52. The molecule has 68 valence electrons. The molecule has 1 N–H and O–H groups in total. The summed E-state index contributed by atoms with van der Waals surface area (Å²) < 4.78 is 0. The highest BCUT2D eigenvalue weighted by molar-refractivity contribution is 5.57. The van der Waals surface area contributed by atoms with E-state index in [1.54, 1.807) is 6.20 Å². The number of aromatic nitrogens is 2. The van der Waals surface area contributed by atoms with Crippen molar-refractivity contribution in [2.45, 2.75) is 13.8 Å². The lowest BCUT2D eigenvalue weighted by molar-refractivity contribution is 1.26. The monoisotopic (exact) mass is 174 g/mol. The first-order chi connectivity index (χ1) is 6.45. The minimum absolute atomic E-state index is 0.899. The first-order valence-electron chi connectivity index (χ1n) is 4.51. The molecule has 0 aliphatic heterocycles. The smallest absolute Gasteiger partial charge is 0.130 e. The van der Waals surface area contributed by atoms with Crippen molar-refractivity contribution >= 4 is 6.08 Å². The average Bonchev–Trinajstić information content (AvgIpc) is 2.81. The molecule has 0 spiro atoms. The minimum Gasteiger partial charge on any atom is -0.345 e. The van der Waals surface area contributed by atoms with Gasteiger partial charge < -0.3 is 4.98 Å². The first-order valence-corrected chi connectivity index (χ1v) is 4.51. The van der Waals surface area contributed by atoms with Crippen molar-refractivity contribution in [3.05, 3.63) is 48.1 Å². The highest BCUT2D eigenvalue weighted by Crippen LogP contribution is 2.09. The Labute approximate surface area is 78.7 Å². The van der Waals surface area contributed by atoms with E-state index in [-0.39, 0.29) is 0 Å². The van der Waals surface area contributed by atoms with E-state index in [0.717, 1.165) is 5.82 Å². The Bertz CT molecular complexity index is 302. The zero-order chi connectivity index (χ0) is 9.52. The summed E-state index contributed by atoms with van der Waals surface area (Å²) in [4.78, 5) is 7.09. The molecule has 2 rings (SSSR count). The Morgan fingerprint density at radius 2 is 1.92 bits per heavy atom. The molecule has 0 amide bonds. The highest BCUT2D eigenvalue weighted by atomic mass is 14.9. The normalized spacial score (nSPS) is 12.6. The summed E-state index contributed by atoms with van der Waals surface area (Å²) in [6.07, 6.45) is 13.7. The molecule has 1 heterocycles. The van der Waals surface area contributed by atoms with E-state index in [0.29, 0.717) is 0 Å². The van der Waals surface area contributed by atoms with Gasteiger partial charge in [0.15, 0.2) is 0 Å². The number of nitrogens with one attached hydrogen (secondary N) is 1. The van der Waals surface area contributed by atoms with Crippen LogP contribution in [-0.4, -0.2) is 9.97 Å². The van der Waals surface area contributed by atoms with Crippen LogP contribution >= 0.6 is 0 Å². The largest absolute Gasteiger partial charge is 0.345 e. The fourth-order valence-electron chi connectivity index (χ4n) is 0.999. The lowest BCUT2D eigenvalue weighted by atomic mass is 10.3. The van der Waals surface area contributed by atoms with Gasteiger partial charge in [0.1, 0.15) is 5.82 Å². The molecule has 0 aromatic carbocycles. The van der Waals surface area contributed by atoms with Crippen LogP contribution in [0.2, 0.25) is 0 Å². The SMILES string of the molecule is C1=CC(=Cc2ncc[nH]2)C=C1.CC. The zero-order valence-electron chi connectivity index (χ0n) is 7.99. The van der Waals surface area contributed by atoms with Crippen LogP contribution < -0.4 is 0 Å². The Morgan fingerprint density at radius 3 is 2.46 bits per heavy atom. The summed E-state index contributed by atoms with van der Waals surface area (Å²) in [5.41, 5.74) is 1.18. The summed E-state index contributed by atoms with van der Waals surface area (Å²) in [6, 6.07) is 0. The van der Waals surface area contributed by atoms with Gasteiger partial charge in [-0.05, 0) is 11.6 Å². The van der Waals surface area contributed by atoms with Gasteiger partial charge in [-0.25, -0.2) is 4.98 Å². The number of hydrogen-bond donors (Lipinski definition) is 1. The van der Waals surface area contributed by atoms with Gasteiger partial charge in [-0.1, -0.05) is 38.2 Å². The molecule has 0 bridgehead atoms. The Morgan fingerprint density at radius 1 is 1.23 bits per heavy atom. The van der Waals surface area contributed by atoms with Crippen LogP contribution in [-0.2, 0) is 0 Å². The van der Waals surface area contributed by atoms with Gasteiger partial charge >= 0.3 is 0 Å². The van der Waals surface area contributed by atoms with Crippen LogP contribution in [0.3, 0.4) is 0 Å². The maximum Gasteiger partial charge on any atom is 0.130 e. The molecule has 0 saturated carbocycles. The Kier molecular flexibility index (Phi) is 3.76. The number of hydrogen-bond acceptors (Lipinski definition) is 1. The molecule has 0 unspecified atom stereocenters. The van der Waals surface area contributed by atoms with Gasteiger partial charge in [0.2, 0.25) is 0 Å². The van der Waals surface area contributed by atoms with Crippen molar-refractivity contribution < 1.29 is 0 Å². The summed E-state index contributed by atoms with van der Waals surface area (Å²) in [5, 5.41) is 0. The molecular formula is C11H14N2. The van der Waals surface area contributed by atoms with Crippen LogP contribution in [0.5, 0.6) is 0 Å². The number of imidazole rings is 1. The van der Waals surface area contributed by atoms with Crippen molar-refractivity contribution in [2.24, 2.45) is 0 Å². The predicted octanol–water partition coefficient (Wildman–Crippen LogP) is 2.95. The third-order valence-electron chi connectivity index (χ3n) is 1.51. The Hall–Kier alpha value is -1.57. The molecule has 0 saturated heterocycles. The van der Waals surface area contributed by atoms with Gasteiger partial charge in [-0.3, -0.25) is 0 Å². The lowest BCUT2D eigenvalue weighted by Gasteiger charge is -1.86. The van der Waals surface area contributed by atoms with Crippen LogP contribution in [0.25, 0.3) is 6.08 Å². The van der Waals surface area contributed by atoms with Gasteiger partial charge in [-0.15, -0.1) is 0 Å². The van der Waals surface area contributed by atoms with Crippen molar-refractivity contribution in [1.82, 2.24) is 9.97 Å². The topological polar surface area (TPSA) is 28.7 Å². The van der Waals surface area contributed by atoms with E-state index in [9.17, 15) is 0 Å². The fourth-order valence-corrected chi connectivity index (χ4v) is 0.999. The molecule has 0 atom stereocenters. The molecule has 0 fully saturated rings. The number of allylic oxidation sites excluding steroid dienone is 5. The Balaban J connectivity index is 0.000000396. The van der Waals surface area contributed by atoms with Crippen molar-refractivity contribution in [1.29, 1.82) is 0 Å². The quantitative estimate of drug-likeness (QED) is 0.696. The third kappa shape index (κ3) is 2.75. The van der Waals surface area contributed by atoms with Gasteiger partial charge in [0.05, 0.1) is 0 Å². The molecule has 1 aliphatic rings. The van der Waals surface area contributed by atoms with Crippen LogP contribution in [0.4, 0.5) is 0 Å². The van der Waals surface area contributed by atoms with E-state index in [1.807, 2.05) is 50.4 Å². The van der Waals surface area contributed by atoms with E-state index in [4.69, 9.17) is 0 Å². The van der Waals surface area contributed by atoms with Crippen LogP contribution in [0.15, 0.2) is 42.3 Å². The van der Waals surface area contributed by atoms with E-state index < -0.39 is 0 Å². The second-order valence-electron chi connectivity index (χ2n) is 2.34. The number of aromatic amines is 1. The molecule has 1 aromatic rings. The van der Waals surface area contributed by atoms with Crippen LogP contribution in [0.1, 0.15) is 19.7 Å². The predicted molar refractivity (Wildman–Crippen MR) is 56.2 cm³/mol. The molecule has 2 nitrogen and oxygen atoms in total. The maximum absolute atomic E-state index is 4.08. The number of nitrogens with zero attached hydrogens (tertiary/aromatic N) is 1. The highest BCUT2D eigenvalue weighted by Gasteiger charge is 1.92. The summed E-state index contributed by atoms with van der Waals surface area (Å²) in [6.45, 7) is 4.00. The zero-order valence-corrected chi connectivity index (χ0v) is 7.99. The van der Waals surface area contributed by atoms with Crippen molar-refractivity contribution in [2.75, 3.05) is 0 Å². The van der Waals surface area contributed by atoms with E-state index in [2.05, 4.69) is 9.97 Å². The van der Waals surface area contributed by atoms with E-state index >= 15 is 0 Å². The molecule has 13 heavy (non-hydrogen) atoms. The molecule has 1 aromatic heterocycles. The number of rotatable bonds is 1. The summed E-state index contributed by atoms with van der Waals surface area (Å²) >= 11 is 0. The second kappa shape index (κ2) is 5.14. The maximum atomic E-state index is 4.08. The standard InChI is InChI=1S/C9H8N2.C2H6/c1-2-4-8(3-1)7-9-10-5-6-11-9;1-2/h1-7H,(H,10,11);1-2H3. The molecule has 1 aliphatic carbocycles. The summed E-state index contributed by atoms with van der Waals surface area (Å²) in [5.74, 6) is 0.899. The molecular weight excluding hydrogens is 160 g/mol. The second-order valence-corrected chi connectivity index (χ2v) is 2.34. The minimum atomic E-state index is 0.899. The third-order valence-corrected chi connectivity index (χ3v) is 1.51. The lowest BCUT2D eigenvalue weighted by Crippen LogP contribution is -1.74. The average molecular weight is 174 g/mol. The van der Waals surface area contributed by atoms with E-state index in [1.165, 1.54) is 5.57 Å². The van der Waals surface area contributed by atoms with Crippen molar-refractivity contribution in [3.63, 3.8) is 0 Å². The van der Waals surface area contributed by atoms with Gasteiger partial charge in [0, 0.05) is 12.4 Å². The molecule has 2 heteroatoms. The van der Waals surface area contributed by atoms with Crippen molar-refractivity contribution in [3.8, 4) is 0 Å². The summed E-state index contributed by atoms with van der Waals surface area (Å²) in [7, 11) is 0.